The van der Waals surface area contributed by atoms with Crippen LogP contribution in [0.5, 0.6) is 17.2 Å². The number of rotatable bonds is 5. The zero-order valence-electron chi connectivity index (χ0n) is 14.5. The number of hydrogen-bond donors (Lipinski definition) is 0. The molecule has 130 valence electrons. The van der Waals surface area contributed by atoms with Crippen molar-refractivity contribution in [3.63, 3.8) is 0 Å². The van der Waals surface area contributed by atoms with Gasteiger partial charge in [0.15, 0.2) is 17.1 Å². The molecule has 25 heavy (non-hydrogen) atoms. The monoisotopic (exact) mass is 341 g/mol. The lowest BCUT2D eigenvalue weighted by atomic mass is 10.1. The van der Waals surface area contributed by atoms with E-state index in [0.717, 1.165) is 16.6 Å². The van der Waals surface area contributed by atoms with Crippen LogP contribution in [-0.4, -0.2) is 25.9 Å². The zero-order valence-corrected chi connectivity index (χ0v) is 14.5. The molecular formula is C19H19NO5. The Morgan fingerprint density at radius 1 is 0.920 bits per heavy atom. The van der Waals surface area contributed by atoms with Gasteiger partial charge in [-0.3, -0.25) is 4.57 Å². The summed E-state index contributed by atoms with van der Waals surface area (Å²) in [5, 5.41) is 0. The first kappa shape index (κ1) is 16.7. The number of benzene rings is 2. The number of aromatic nitrogens is 1. The lowest BCUT2D eigenvalue weighted by Crippen LogP contribution is -2.08. The van der Waals surface area contributed by atoms with Crippen molar-refractivity contribution in [1.29, 1.82) is 0 Å². The predicted octanol–water partition coefficient (Wildman–Crippen LogP) is 3.33. The smallest absolute Gasteiger partial charge is 0.419 e. The Morgan fingerprint density at radius 2 is 1.56 bits per heavy atom. The first-order chi connectivity index (χ1) is 12.1. The van der Waals surface area contributed by atoms with Crippen LogP contribution < -0.4 is 20.0 Å². The Kier molecular flexibility index (Phi) is 4.52. The summed E-state index contributed by atoms with van der Waals surface area (Å²) in [6.07, 6.45) is 3.85. The van der Waals surface area contributed by atoms with Crippen LogP contribution in [0.3, 0.4) is 0 Å². The molecule has 0 N–H and O–H groups in total. The molecule has 3 rings (SSSR count). The number of ether oxygens (including phenoxy) is 3. The number of hydrogen-bond acceptors (Lipinski definition) is 5. The number of methoxy groups -OCH3 is 3. The standard InChI is InChI=1S/C19H19NO5/c1-20-14-8-7-12(9-15(14)25-19(20)21)5-6-13-10-16(22-2)18(24-4)17(11-13)23-3/h5-11H,1-4H3/b6-5+. The molecule has 6 heteroatoms. The van der Waals surface area contributed by atoms with Crippen LogP contribution >= 0.6 is 0 Å². The summed E-state index contributed by atoms with van der Waals surface area (Å²) in [6.45, 7) is 0. The Balaban J connectivity index is 1.97. The van der Waals surface area contributed by atoms with Gasteiger partial charge in [0.2, 0.25) is 5.75 Å². The first-order valence-corrected chi connectivity index (χ1v) is 7.65. The van der Waals surface area contributed by atoms with Crippen LogP contribution in [0.1, 0.15) is 11.1 Å². The van der Waals surface area contributed by atoms with Gasteiger partial charge in [0.1, 0.15) is 0 Å². The molecule has 0 radical (unpaired) electrons. The largest absolute Gasteiger partial charge is 0.493 e. The number of oxazole rings is 1. The first-order valence-electron chi connectivity index (χ1n) is 7.65. The molecule has 0 unspecified atom stereocenters. The van der Waals surface area contributed by atoms with Gasteiger partial charge in [-0.05, 0) is 35.4 Å². The fourth-order valence-electron chi connectivity index (χ4n) is 2.64. The molecule has 0 aliphatic carbocycles. The van der Waals surface area contributed by atoms with Crippen LogP contribution in [0.4, 0.5) is 0 Å². The summed E-state index contributed by atoms with van der Waals surface area (Å²) >= 11 is 0. The van der Waals surface area contributed by atoms with E-state index < -0.39 is 0 Å². The molecule has 0 spiro atoms. The molecule has 0 aliphatic heterocycles. The minimum Gasteiger partial charge on any atom is -0.493 e. The zero-order chi connectivity index (χ0) is 18.0. The van der Waals surface area contributed by atoms with Crippen molar-refractivity contribution in [3.8, 4) is 17.2 Å². The minimum atomic E-state index is -0.374. The highest BCUT2D eigenvalue weighted by atomic mass is 16.5. The van der Waals surface area contributed by atoms with Gasteiger partial charge >= 0.3 is 5.76 Å². The highest BCUT2D eigenvalue weighted by Crippen LogP contribution is 2.38. The van der Waals surface area contributed by atoms with E-state index in [4.69, 9.17) is 18.6 Å². The van der Waals surface area contributed by atoms with Crippen molar-refractivity contribution in [2.75, 3.05) is 21.3 Å². The van der Waals surface area contributed by atoms with E-state index in [1.54, 1.807) is 28.4 Å². The van der Waals surface area contributed by atoms with E-state index in [2.05, 4.69) is 0 Å². The minimum absolute atomic E-state index is 0.374. The van der Waals surface area contributed by atoms with Crippen molar-refractivity contribution in [1.82, 2.24) is 4.57 Å². The Hall–Kier alpha value is -3.15. The van der Waals surface area contributed by atoms with E-state index in [1.165, 1.54) is 4.57 Å². The molecule has 2 aromatic carbocycles. The van der Waals surface area contributed by atoms with E-state index in [1.807, 2.05) is 42.5 Å². The number of aryl methyl sites for hydroxylation is 1. The Bertz CT molecular complexity index is 972. The maximum Gasteiger partial charge on any atom is 0.419 e. The second-order valence-electron chi connectivity index (χ2n) is 5.45. The molecule has 3 aromatic rings. The highest BCUT2D eigenvalue weighted by Gasteiger charge is 2.12. The van der Waals surface area contributed by atoms with E-state index in [9.17, 15) is 4.79 Å². The normalized spacial score (nSPS) is 11.2. The molecule has 0 saturated carbocycles. The van der Waals surface area contributed by atoms with E-state index in [-0.39, 0.29) is 5.76 Å². The predicted molar refractivity (Wildman–Crippen MR) is 96.5 cm³/mol. The van der Waals surface area contributed by atoms with E-state index in [0.29, 0.717) is 22.8 Å². The molecule has 0 amide bonds. The van der Waals surface area contributed by atoms with Gasteiger partial charge in [-0.1, -0.05) is 18.2 Å². The molecular weight excluding hydrogens is 322 g/mol. The topological polar surface area (TPSA) is 62.8 Å². The van der Waals surface area contributed by atoms with Gasteiger partial charge in [0.25, 0.3) is 0 Å². The third-order valence-electron chi connectivity index (χ3n) is 3.97. The summed E-state index contributed by atoms with van der Waals surface area (Å²) in [6, 6.07) is 9.32. The summed E-state index contributed by atoms with van der Waals surface area (Å²) in [5.41, 5.74) is 3.12. The molecule has 1 aromatic heterocycles. The molecule has 1 heterocycles. The van der Waals surface area contributed by atoms with Gasteiger partial charge in [-0.15, -0.1) is 0 Å². The lowest BCUT2D eigenvalue weighted by molar-refractivity contribution is 0.324. The van der Waals surface area contributed by atoms with E-state index >= 15 is 0 Å². The molecule has 0 fully saturated rings. The van der Waals surface area contributed by atoms with Crippen molar-refractivity contribution >= 4 is 23.3 Å². The van der Waals surface area contributed by atoms with Crippen molar-refractivity contribution in [3.05, 3.63) is 52.0 Å². The molecule has 0 aliphatic rings. The van der Waals surface area contributed by atoms with Crippen LogP contribution in [0.15, 0.2) is 39.5 Å². The quantitative estimate of drug-likeness (QED) is 0.666. The second kappa shape index (κ2) is 6.76. The maximum absolute atomic E-state index is 11.6. The number of nitrogens with zero attached hydrogens (tertiary/aromatic N) is 1. The molecule has 0 saturated heterocycles. The van der Waals surface area contributed by atoms with Gasteiger partial charge in [-0.25, -0.2) is 4.79 Å². The van der Waals surface area contributed by atoms with Gasteiger partial charge in [0.05, 0.1) is 26.8 Å². The van der Waals surface area contributed by atoms with Crippen molar-refractivity contribution < 1.29 is 18.6 Å². The SMILES string of the molecule is COc1cc(/C=C/c2ccc3c(c2)oc(=O)n3C)cc(OC)c1OC. The van der Waals surface area contributed by atoms with Gasteiger partial charge in [0, 0.05) is 7.05 Å². The van der Waals surface area contributed by atoms with Crippen molar-refractivity contribution in [2.45, 2.75) is 0 Å². The summed E-state index contributed by atoms with van der Waals surface area (Å²) in [7, 11) is 6.41. The fraction of sp³-hybridized carbons (Fsp3) is 0.211. The summed E-state index contributed by atoms with van der Waals surface area (Å²) in [4.78, 5) is 11.6. The summed E-state index contributed by atoms with van der Waals surface area (Å²) < 4.78 is 22.7. The van der Waals surface area contributed by atoms with Crippen LogP contribution in [-0.2, 0) is 7.05 Å². The third kappa shape index (κ3) is 3.10. The van der Waals surface area contributed by atoms with Crippen LogP contribution in [0.25, 0.3) is 23.3 Å². The lowest BCUT2D eigenvalue weighted by Gasteiger charge is -2.12. The van der Waals surface area contributed by atoms with Gasteiger partial charge in [-0.2, -0.15) is 0 Å². The highest BCUT2D eigenvalue weighted by molar-refractivity contribution is 5.80. The average molecular weight is 341 g/mol. The Morgan fingerprint density at radius 3 is 2.16 bits per heavy atom. The van der Waals surface area contributed by atoms with Crippen LogP contribution in [0, 0.1) is 0 Å². The van der Waals surface area contributed by atoms with Gasteiger partial charge < -0.3 is 18.6 Å². The fourth-order valence-corrected chi connectivity index (χ4v) is 2.64. The summed E-state index contributed by atoms with van der Waals surface area (Å²) in [5.74, 6) is 1.35. The maximum atomic E-state index is 11.6. The number of fused-ring (bicyclic) bond motifs is 1. The molecule has 6 nitrogen and oxygen atoms in total. The molecule has 0 bridgehead atoms. The average Bonchev–Trinajstić information content (AvgIpc) is 2.92. The van der Waals surface area contributed by atoms with Crippen LogP contribution in [0.2, 0.25) is 0 Å². The van der Waals surface area contributed by atoms with Crippen molar-refractivity contribution in [2.24, 2.45) is 7.05 Å². The third-order valence-corrected chi connectivity index (χ3v) is 3.97. The second-order valence-corrected chi connectivity index (χ2v) is 5.45. The Labute approximate surface area is 144 Å². The molecule has 0 atom stereocenters.